The van der Waals surface area contributed by atoms with Crippen LogP contribution in [0.1, 0.15) is 16.8 Å². The highest BCUT2D eigenvalue weighted by Gasteiger charge is 2.17. The van der Waals surface area contributed by atoms with Crippen LogP contribution in [0.3, 0.4) is 0 Å². The Hall–Kier alpha value is -3.59. The van der Waals surface area contributed by atoms with Crippen molar-refractivity contribution in [1.82, 2.24) is 19.8 Å². The van der Waals surface area contributed by atoms with Crippen molar-refractivity contribution in [3.63, 3.8) is 0 Å². The summed E-state index contributed by atoms with van der Waals surface area (Å²) in [5.41, 5.74) is 4.90. The maximum Gasteiger partial charge on any atom is 0.250 e. The molecule has 0 radical (unpaired) electrons. The van der Waals surface area contributed by atoms with Crippen LogP contribution in [0, 0.1) is 19.7 Å². The minimum absolute atomic E-state index is 0.0492. The number of halogens is 1. The van der Waals surface area contributed by atoms with Crippen LogP contribution in [0.15, 0.2) is 46.3 Å². The predicted molar refractivity (Wildman–Crippen MR) is 112 cm³/mol. The Morgan fingerprint density at radius 2 is 2.03 bits per heavy atom. The maximum atomic E-state index is 13.2. The standard InChI is InChI=1S/C21H16FN5O2S/c1-11-7-12(2)19-15(8-11)16(26-29-19)9-18(28)23-20-24-21-27(25-20)17(10-30-21)13-3-5-14(22)6-4-13/h3-8,10H,9H2,1-2H3,(H,23,25,28). The largest absolute Gasteiger partial charge is 0.356 e. The number of aromatic nitrogens is 4. The fourth-order valence-corrected chi connectivity index (χ4v) is 4.27. The Morgan fingerprint density at radius 1 is 1.23 bits per heavy atom. The van der Waals surface area contributed by atoms with Crippen LogP contribution in [-0.4, -0.2) is 25.7 Å². The lowest BCUT2D eigenvalue weighted by Crippen LogP contribution is -2.15. The third-order valence-corrected chi connectivity index (χ3v) is 5.59. The molecule has 150 valence electrons. The molecule has 0 atom stereocenters. The first-order valence-electron chi connectivity index (χ1n) is 9.23. The van der Waals surface area contributed by atoms with Gasteiger partial charge in [0.15, 0.2) is 5.58 Å². The molecule has 0 aliphatic heterocycles. The van der Waals surface area contributed by atoms with Crippen LogP contribution in [-0.2, 0) is 11.2 Å². The Balaban J connectivity index is 1.38. The van der Waals surface area contributed by atoms with Gasteiger partial charge in [0.2, 0.25) is 16.8 Å². The highest BCUT2D eigenvalue weighted by molar-refractivity contribution is 7.15. The summed E-state index contributed by atoms with van der Waals surface area (Å²) >= 11 is 1.39. The Morgan fingerprint density at radius 3 is 2.83 bits per heavy atom. The molecular weight excluding hydrogens is 405 g/mol. The van der Waals surface area contributed by atoms with Crippen molar-refractivity contribution >= 4 is 39.1 Å². The van der Waals surface area contributed by atoms with Gasteiger partial charge in [-0.1, -0.05) is 11.2 Å². The molecule has 3 aromatic heterocycles. The number of anilines is 1. The molecular formula is C21H16FN5O2S. The van der Waals surface area contributed by atoms with Gasteiger partial charge in [-0.15, -0.1) is 16.4 Å². The number of rotatable bonds is 4. The quantitative estimate of drug-likeness (QED) is 0.461. The molecule has 0 saturated heterocycles. The second kappa shape index (κ2) is 7.03. The fourth-order valence-electron chi connectivity index (χ4n) is 3.44. The summed E-state index contributed by atoms with van der Waals surface area (Å²) in [6.45, 7) is 3.94. The number of nitrogens with one attached hydrogen (secondary N) is 1. The van der Waals surface area contributed by atoms with Crippen molar-refractivity contribution in [3.05, 3.63) is 64.4 Å². The SMILES string of the molecule is Cc1cc(C)c2onc(CC(=O)Nc3nc4scc(-c5ccc(F)cc5)n4n3)c2c1. The van der Waals surface area contributed by atoms with Crippen LogP contribution in [0.2, 0.25) is 0 Å². The minimum atomic E-state index is -0.303. The molecule has 5 rings (SSSR count). The molecule has 30 heavy (non-hydrogen) atoms. The van der Waals surface area contributed by atoms with Crippen LogP contribution in [0.25, 0.3) is 27.2 Å². The van der Waals surface area contributed by atoms with Gasteiger partial charge in [0.05, 0.1) is 12.1 Å². The Bertz CT molecular complexity index is 1400. The normalized spacial score (nSPS) is 11.4. The molecule has 0 aliphatic rings. The molecule has 9 heteroatoms. The van der Waals surface area contributed by atoms with Gasteiger partial charge in [-0.05, 0) is 55.3 Å². The Kier molecular flexibility index (Phi) is 4.32. The van der Waals surface area contributed by atoms with E-state index < -0.39 is 0 Å². The molecule has 2 aromatic carbocycles. The highest BCUT2D eigenvalue weighted by Crippen LogP contribution is 2.27. The number of carbonyl (C=O) groups is 1. The number of hydrogen-bond acceptors (Lipinski definition) is 6. The van der Waals surface area contributed by atoms with Gasteiger partial charge in [0.1, 0.15) is 11.5 Å². The number of nitrogens with zero attached hydrogens (tertiary/aromatic N) is 4. The lowest BCUT2D eigenvalue weighted by atomic mass is 10.1. The number of hydrogen-bond donors (Lipinski definition) is 1. The van der Waals surface area contributed by atoms with Crippen molar-refractivity contribution in [2.75, 3.05) is 5.32 Å². The molecule has 1 N–H and O–H groups in total. The van der Waals surface area contributed by atoms with E-state index >= 15 is 0 Å². The van der Waals surface area contributed by atoms with Gasteiger partial charge >= 0.3 is 0 Å². The zero-order valence-electron chi connectivity index (χ0n) is 16.1. The third kappa shape index (κ3) is 3.22. The molecule has 0 bridgehead atoms. The smallest absolute Gasteiger partial charge is 0.250 e. The molecule has 5 aromatic rings. The van der Waals surface area contributed by atoms with Crippen molar-refractivity contribution in [2.45, 2.75) is 20.3 Å². The average molecular weight is 421 g/mol. The van der Waals surface area contributed by atoms with E-state index in [1.165, 1.54) is 23.5 Å². The molecule has 1 amide bonds. The predicted octanol–water partition coefficient (Wildman–Crippen LogP) is 4.54. The van der Waals surface area contributed by atoms with Crippen molar-refractivity contribution in [2.24, 2.45) is 0 Å². The summed E-state index contributed by atoms with van der Waals surface area (Å²) in [5.74, 6) is -0.385. The van der Waals surface area contributed by atoms with E-state index in [9.17, 15) is 9.18 Å². The van der Waals surface area contributed by atoms with Crippen molar-refractivity contribution in [1.29, 1.82) is 0 Å². The van der Waals surface area contributed by atoms with Crippen LogP contribution in [0.4, 0.5) is 10.3 Å². The number of carbonyl (C=O) groups excluding carboxylic acids is 1. The van der Waals surface area contributed by atoms with Gasteiger partial charge in [0, 0.05) is 16.3 Å². The fraction of sp³-hybridized carbons (Fsp3) is 0.143. The molecule has 3 heterocycles. The van der Waals surface area contributed by atoms with E-state index in [1.54, 1.807) is 16.6 Å². The van der Waals surface area contributed by atoms with E-state index in [0.29, 0.717) is 16.2 Å². The summed E-state index contributed by atoms with van der Waals surface area (Å²) in [6.07, 6.45) is 0.0492. The number of benzene rings is 2. The average Bonchev–Trinajstić information content (AvgIpc) is 3.37. The first kappa shape index (κ1) is 18.4. The molecule has 0 aliphatic carbocycles. The third-order valence-electron chi connectivity index (χ3n) is 4.78. The van der Waals surface area contributed by atoms with E-state index in [0.717, 1.165) is 27.8 Å². The number of aryl methyl sites for hydroxylation is 2. The lowest BCUT2D eigenvalue weighted by molar-refractivity contribution is -0.115. The summed E-state index contributed by atoms with van der Waals surface area (Å²) in [6, 6.07) is 10.1. The summed E-state index contributed by atoms with van der Waals surface area (Å²) in [5, 5.41) is 13.9. The Labute approximate surface area is 174 Å². The number of fused-ring (bicyclic) bond motifs is 2. The van der Waals surface area contributed by atoms with E-state index in [1.807, 2.05) is 31.4 Å². The van der Waals surface area contributed by atoms with Gasteiger partial charge in [-0.2, -0.15) is 4.98 Å². The second-order valence-corrected chi connectivity index (χ2v) is 7.91. The van der Waals surface area contributed by atoms with Crippen molar-refractivity contribution in [3.8, 4) is 11.3 Å². The summed E-state index contributed by atoms with van der Waals surface area (Å²) < 4.78 is 20.2. The van der Waals surface area contributed by atoms with Gasteiger partial charge in [-0.25, -0.2) is 8.91 Å². The monoisotopic (exact) mass is 421 g/mol. The maximum absolute atomic E-state index is 13.2. The molecule has 7 nitrogen and oxygen atoms in total. The highest BCUT2D eigenvalue weighted by atomic mass is 32.1. The van der Waals surface area contributed by atoms with Crippen molar-refractivity contribution < 1.29 is 13.7 Å². The van der Waals surface area contributed by atoms with Crippen LogP contribution >= 0.6 is 11.3 Å². The first-order chi connectivity index (χ1) is 14.5. The van der Waals surface area contributed by atoms with E-state index in [2.05, 4.69) is 20.6 Å². The zero-order valence-corrected chi connectivity index (χ0v) is 17.0. The molecule has 0 unspecified atom stereocenters. The number of amides is 1. The molecule has 0 spiro atoms. The number of thiazole rings is 1. The van der Waals surface area contributed by atoms with Gasteiger partial charge in [-0.3, -0.25) is 10.1 Å². The minimum Gasteiger partial charge on any atom is -0.356 e. The second-order valence-electron chi connectivity index (χ2n) is 7.07. The van der Waals surface area contributed by atoms with Crippen LogP contribution < -0.4 is 5.32 Å². The molecule has 0 fully saturated rings. The molecule has 0 saturated carbocycles. The van der Waals surface area contributed by atoms with Gasteiger partial charge in [0.25, 0.3) is 0 Å². The zero-order chi connectivity index (χ0) is 20.8. The first-order valence-corrected chi connectivity index (χ1v) is 10.1. The van der Waals surface area contributed by atoms with Gasteiger partial charge < -0.3 is 4.52 Å². The van der Waals surface area contributed by atoms with Crippen LogP contribution in [0.5, 0.6) is 0 Å². The topological polar surface area (TPSA) is 85.3 Å². The summed E-state index contributed by atoms with van der Waals surface area (Å²) in [7, 11) is 0. The van der Waals surface area contributed by atoms with E-state index in [4.69, 9.17) is 4.52 Å². The summed E-state index contributed by atoms with van der Waals surface area (Å²) in [4.78, 5) is 17.5. The lowest BCUT2D eigenvalue weighted by Gasteiger charge is -2.01. The van der Waals surface area contributed by atoms with E-state index in [-0.39, 0.29) is 24.1 Å².